The zero-order valence-electron chi connectivity index (χ0n) is 27.0. The van der Waals surface area contributed by atoms with Crippen molar-refractivity contribution in [2.45, 2.75) is 0 Å². The van der Waals surface area contributed by atoms with E-state index < -0.39 is 0 Å². The van der Waals surface area contributed by atoms with Crippen LogP contribution in [0.2, 0.25) is 0 Å². The lowest BCUT2D eigenvalue weighted by atomic mass is 9.85. The van der Waals surface area contributed by atoms with Gasteiger partial charge in [-0.3, -0.25) is 0 Å². The normalized spacial score (nSPS) is 12.0. The van der Waals surface area contributed by atoms with E-state index in [-0.39, 0.29) is 0 Å². The van der Waals surface area contributed by atoms with Gasteiger partial charge in [0.05, 0.1) is 0 Å². The van der Waals surface area contributed by atoms with E-state index in [1.54, 1.807) is 0 Å². The van der Waals surface area contributed by atoms with Crippen molar-refractivity contribution in [1.82, 2.24) is 0 Å². The summed E-state index contributed by atoms with van der Waals surface area (Å²) < 4.78 is 12.7. The van der Waals surface area contributed by atoms with Crippen molar-refractivity contribution in [3.8, 4) is 33.4 Å². The molecule has 0 aliphatic carbocycles. The summed E-state index contributed by atoms with van der Waals surface area (Å²) in [6, 6.07) is 60.9. The number of furan rings is 2. The fraction of sp³-hybridized carbons (Fsp3) is 0. The topological polar surface area (TPSA) is 26.3 Å². The molecule has 0 atom stereocenters. The zero-order valence-corrected chi connectivity index (χ0v) is 27.0. The first-order valence-electron chi connectivity index (χ1n) is 17.1. The standard InChI is InChI=1S/C48H28O2/c1-2-12-33-29(10-1)11-9-18-34(33)30-20-22-31(23-21-30)45-35-13-3-5-15-37(35)46(38-16-6-4-14-36(38)45)32-24-25-42-40(28-32)48-44(50-42)27-26-43-47(48)39-17-7-8-19-41(39)49-43/h1-28H. The molecule has 50 heavy (non-hydrogen) atoms. The predicted octanol–water partition coefficient (Wildman–Crippen LogP) is 13.9. The van der Waals surface area contributed by atoms with Gasteiger partial charge < -0.3 is 8.83 Å². The summed E-state index contributed by atoms with van der Waals surface area (Å²) in [5.41, 5.74) is 10.8. The summed E-state index contributed by atoms with van der Waals surface area (Å²) in [4.78, 5) is 0. The highest BCUT2D eigenvalue weighted by molar-refractivity contribution is 6.27. The van der Waals surface area contributed by atoms with Crippen LogP contribution >= 0.6 is 0 Å². The Balaban J connectivity index is 1.15. The van der Waals surface area contributed by atoms with Crippen molar-refractivity contribution in [1.29, 1.82) is 0 Å². The van der Waals surface area contributed by atoms with Crippen LogP contribution in [0.15, 0.2) is 179 Å². The molecule has 0 unspecified atom stereocenters. The van der Waals surface area contributed by atoms with Gasteiger partial charge in [-0.05, 0) is 96.0 Å². The Kier molecular flexibility index (Phi) is 5.70. The molecule has 232 valence electrons. The second-order valence-corrected chi connectivity index (χ2v) is 13.2. The Morgan fingerprint density at radius 1 is 0.280 bits per heavy atom. The third kappa shape index (κ3) is 3.90. The summed E-state index contributed by atoms with van der Waals surface area (Å²) >= 11 is 0. The van der Waals surface area contributed by atoms with Crippen molar-refractivity contribution in [3.05, 3.63) is 170 Å². The molecular weight excluding hydrogens is 609 g/mol. The van der Waals surface area contributed by atoms with E-state index in [2.05, 4.69) is 146 Å². The third-order valence-corrected chi connectivity index (χ3v) is 10.5. The molecule has 9 aromatic carbocycles. The number of rotatable bonds is 3. The highest BCUT2D eigenvalue weighted by Gasteiger charge is 2.20. The fourth-order valence-corrected chi connectivity index (χ4v) is 8.28. The minimum absolute atomic E-state index is 0.869. The first kappa shape index (κ1) is 27.3. The Labute approximate surface area is 287 Å². The Hall–Kier alpha value is -6.64. The van der Waals surface area contributed by atoms with Gasteiger partial charge in [-0.1, -0.05) is 140 Å². The minimum Gasteiger partial charge on any atom is -0.456 e. The molecule has 0 saturated carbocycles. The number of hydrogen-bond acceptors (Lipinski definition) is 2. The molecule has 2 nitrogen and oxygen atoms in total. The van der Waals surface area contributed by atoms with Gasteiger partial charge in [0.15, 0.2) is 0 Å². The number of fused-ring (bicyclic) bond motifs is 10. The minimum atomic E-state index is 0.869. The highest BCUT2D eigenvalue weighted by atomic mass is 16.3. The average molecular weight is 637 g/mol. The van der Waals surface area contributed by atoms with E-state index in [1.807, 2.05) is 24.3 Å². The SMILES string of the molecule is c1ccc2c(-c3ccc(-c4c5ccccc5c(-c5ccc6oc7ccc8oc9ccccc9c8c7c6c5)c5ccccc45)cc3)cccc2c1. The Bertz CT molecular complexity index is 3080. The monoisotopic (exact) mass is 636 g/mol. The highest BCUT2D eigenvalue weighted by Crippen LogP contribution is 2.46. The van der Waals surface area contributed by atoms with Crippen LogP contribution in [-0.2, 0) is 0 Å². The van der Waals surface area contributed by atoms with Crippen LogP contribution < -0.4 is 0 Å². The third-order valence-electron chi connectivity index (χ3n) is 10.5. The van der Waals surface area contributed by atoms with Crippen LogP contribution in [0.5, 0.6) is 0 Å². The quantitative estimate of drug-likeness (QED) is 0.180. The molecule has 0 saturated heterocycles. The predicted molar refractivity (Wildman–Crippen MR) is 210 cm³/mol. The van der Waals surface area contributed by atoms with Crippen molar-refractivity contribution in [3.63, 3.8) is 0 Å². The molecule has 0 radical (unpaired) electrons. The summed E-state index contributed by atoms with van der Waals surface area (Å²) in [7, 11) is 0. The van der Waals surface area contributed by atoms with E-state index >= 15 is 0 Å². The number of benzene rings is 9. The van der Waals surface area contributed by atoms with Crippen LogP contribution in [0.25, 0.3) is 110 Å². The van der Waals surface area contributed by atoms with Gasteiger partial charge in [0.1, 0.15) is 22.3 Å². The van der Waals surface area contributed by atoms with Crippen molar-refractivity contribution >= 4 is 76.2 Å². The molecule has 0 aliphatic heterocycles. The van der Waals surface area contributed by atoms with Crippen LogP contribution in [0.4, 0.5) is 0 Å². The lowest BCUT2D eigenvalue weighted by molar-refractivity contribution is 0.663. The summed E-state index contributed by atoms with van der Waals surface area (Å²) in [5, 5.41) is 11.9. The molecule has 0 bridgehead atoms. The van der Waals surface area contributed by atoms with Gasteiger partial charge >= 0.3 is 0 Å². The van der Waals surface area contributed by atoms with E-state index in [9.17, 15) is 0 Å². The molecule has 2 heterocycles. The van der Waals surface area contributed by atoms with Crippen molar-refractivity contribution in [2.75, 3.05) is 0 Å². The van der Waals surface area contributed by atoms with Gasteiger partial charge in [0.2, 0.25) is 0 Å². The van der Waals surface area contributed by atoms with Crippen molar-refractivity contribution in [2.24, 2.45) is 0 Å². The molecule has 0 N–H and O–H groups in total. The second-order valence-electron chi connectivity index (χ2n) is 13.2. The second kappa shape index (κ2) is 10.4. The summed E-state index contributed by atoms with van der Waals surface area (Å²) in [6.45, 7) is 0. The van der Waals surface area contributed by atoms with Gasteiger partial charge in [0.25, 0.3) is 0 Å². The van der Waals surface area contributed by atoms with Crippen LogP contribution in [0.3, 0.4) is 0 Å². The molecule has 0 fully saturated rings. The molecule has 0 spiro atoms. The molecule has 11 aromatic rings. The zero-order chi connectivity index (χ0) is 32.8. The first-order valence-corrected chi connectivity index (χ1v) is 17.1. The van der Waals surface area contributed by atoms with E-state index in [1.165, 1.54) is 60.1 Å². The lowest BCUT2D eigenvalue weighted by Crippen LogP contribution is -1.91. The Morgan fingerprint density at radius 3 is 1.42 bits per heavy atom. The molecule has 2 aromatic heterocycles. The molecule has 2 heteroatoms. The molecular formula is C48H28O2. The fourth-order valence-electron chi connectivity index (χ4n) is 8.28. The lowest BCUT2D eigenvalue weighted by Gasteiger charge is -2.18. The molecule has 0 amide bonds. The van der Waals surface area contributed by atoms with Crippen LogP contribution in [-0.4, -0.2) is 0 Å². The van der Waals surface area contributed by atoms with Crippen molar-refractivity contribution < 1.29 is 8.83 Å². The van der Waals surface area contributed by atoms with Gasteiger partial charge in [0, 0.05) is 21.5 Å². The van der Waals surface area contributed by atoms with Gasteiger partial charge in [-0.2, -0.15) is 0 Å². The number of hydrogen-bond donors (Lipinski definition) is 0. The van der Waals surface area contributed by atoms with Crippen LogP contribution in [0.1, 0.15) is 0 Å². The smallest absolute Gasteiger partial charge is 0.136 e. The maximum Gasteiger partial charge on any atom is 0.136 e. The summed E-state index contributed by atoms with van der Waals surface area (Å²) in [5.74, 6) is 0. The maximum atomic E-state index is 6.45. The largest absolute Gasteiger partial charge is 0.456 e. The number of para-hydroxylation sites is 1. The van der Waals surface area contributed by atoms with Crippen LogP contribution in [0, 0.1) is 0 Å². The van der Waals surface area contributed by atoms with E-state index in [4.69, 9.17) is 8.83 Å². The maximum absolute atomic E-state index is 6.45. The van der Waals surface area contributed by atoms with Gasteiger partial charge in [-0.15, -0.1) is 0 Å². The van der Waals surface area contributed by atoms with E-state index in [0.29, 0.717) is 0 Å². The van der Waals surface area contributed by atoms with E-state index in [0.717, 1.165) is 49.4 Å². The molecule has 11 rings (SSSR count). The van der Waals surface area contributed by atoms with Gasteiger partial charge in [-0.25, -0.2) is 0 Å². The molecule has 0 aliphatic rings. The first-order chi connectivity index (χ1) is 24.8. The average Bonchev–Trinajstić information content (AvgIpc) is 3.74. The summed E-state index contributed by atoms with van der Waals surface area (Å²) in [6.07, 6.45) is 0. The Morgan fingerprint density at radius 2 is 0.740 bits per heavy atom.